The molecule has 1 atom stereocenters. The number of aryl methyl sites for hydroxylation is 2. The van der Waals surface area contributed by atoms with Crippen LogP contribution in [0.3, 0.4) is 0 Å². The molecule has 6 heteroatoms. The standard InChI is InChI=1S/C21H23N3O2S/c1-12-3-6-14(7-4-12)19-23-20-18(21(26)24(19)10-9-17(22)25)15-8-5-13(2)11-16(15)27-20/h3-4,6-7,13H,5,8-11H2,1-2H3,(H2,22,25). The summed E-state index contributed by atoms with van der Waals surface area (Å²) < 4.78 is 1.63. The van der Waals surface area contributed by atoms with Crippen molar-refractivity contribution in [1.82, 2.24) is 9.55 Å². The molecule has 2 heterocycles. The molecule has 2 N–H and O–H groups in total. The monoisotopic (exact) mass is 381 g/mol. The van der Waals surface area contributed by atoms with Gasteiger partial charge in [0.15, 0.2) is 0 Å². The molecule has 4 rings (SSSR count). The third-order valence-electron chi connectivity index (χ3n) is 5.31. The average molecular weight is 382 g/mol. The van der Waals surface area contributed by atoms with E-state index in [2.05, 4.69) is 6.92 Å². The summed E-state index contributed by atoms with van der Waals surface area (Å²) in [7, 11) is 0. The van der Waals surface area contributed by atoms with Gasteiger partial charge in [0.1, 0.15) is 10.7 Å². The van der Waals surface area contributed by atoms with Crippen molar-refractivity contribution < 1.29 is 4.79 Å². The molecule has 0 fully saturated rings. The van der Waals surface area contributed by atoms with Crippen LogP contribution in [0.15, 0.2) is 29.1 Å². The van der Waals surface area contributed by atoms with Crippen molar-refractivity contribution >= 4 is 27.5 Å². The highest BCUT2D eigenvalue weighted by Crippen LogP contribution is 2.36. The van der Waals surface area contributed by atoms with Crippen molar-refractivity contribution in [2.45, 2.75) is 46.1 Å². The second kappa shape index (κ2) is 6.93. The lowest BCUT2D eigenvalue weighted by Gasteiger charge is -2.18. The van der Waals surface area contributed by atoms with Crippen LogP contribution in [0.5, 0.6) is 0 Å². The molecule has 0 saturated carbocycles. The molecular weight excluding hydrogens is 358 g/mol. The number of carbonyl (C=O) groups excluding carboxylic acids is 1. The molecule has 5 nitrogen and oxygen atoms in total. The third kappa shape index (κ3) is 3.30. The Bertz CT molecular complexity index is 1080. The number of nitrogens with zero attached hydrogens (tertiary/aromatic N) is 2. The van der Waals surface area contributed by atoms with Gasteiger partial charge in [-0.1, -0.05) is 36.8 Å². The number of nitrogens with two attached hydrogens (primary N) is 1. The van der Waals surface area contributed by atoms with Gasteiger partial charge in [0.05, 0.1) is 5.39 Å². The highest BCUT2D eigenvalue weighted by atomic mass is 32.1. The van der Waals surface area contributed by atoms with Crippen LogP contribution in [0.1, 0.15) is 35.8 Å². The van der Waals surface area contributed by atoms with E-state index in [4.69, 9.17) is 10.7 Å². The number of fused-ring (bicyclic) bond motifs is 3. The first kappa shape index (κ1) is 17.9. The Morgan fingerprint density at radius 1 is 1.33 bits per heavy atom. The Hall–Kier alpha value is -2.47. The van der Waals surface area contributed by atoms with Crippen LogP contribution in [0, 0.1) is 12.8 Å². The zero-order chi connectivity index (χ0) is 19.1. The number of carbonyl (C=O) groups is 1. The molecular formula is C21H23N3O2S. The maximum atomic E-state index is 13.4. The minimum atomic E-state index is -0.418. The molecule has 0 radical (unpaired) electrons. The number of aromatic nitrogens is 2. The topological polar surface area (TPSA) is 78.0 Å². The summed E-state index contributed by atoms with van der Waals surface area (Å²) in [6, 6.07) is 7.95. The number of hydrogen-bond acceptors (Lipinski definition) is 4. The smallest absolute Gasteiger partial charge is 0.262 e. The van der Waals surface area contributed by atoms with Gasteiger partial charge in [0.2, 0.25) is 5.91 Å². The molecule has 27 heavy (non-hydrogen) atoms. The molecule has 2 aromatic heterocycles. The molecule has 0 spiro atoms. The van der Waals surface area contributed by atoms with Crippen molar-refractivity contribution in [2.75, 3.05) is 0 Å². The molecule has 1 unspecified atom stereocenters. The Kier molecular flexibility index (Phi) is 4.60. The first-order valence-electron chi connectivity index (χ1n) is 9.34. The van der Waals surface area contributed by atoms with Crippen LogP contribution < -0.4 is 11.3 Å². The minimum Gasteiger partial charge on any atom is -0.370 e. The summed E-state index contributed by atoms with van der Waals surface area (Å²) in [6.07, 6.45) is 3.15. The predicted octanol–water partition coefficient (Wildman–Crippen LogP) is 3.43. The van der Waals surface area contributed by atoms with E-state index in [0.29, 0.717) is 11.7 Å². The normalized spacial score (nSPS) is 16.4. The quantitative estimate of drug-likeness (QED) is 0.752. The molecule has 1 aromatic carbocycles. The van der Waals surface area contributed by atoms with Crippen LogP contribution in [0.4, 0.5) is 0 Å². The first-order valence-corrected chi connectivity index (χ1v) is 10.2. The largest absolute Gasteiger partial charge is 0.370 e. The molecule has 1 amide bonds. The zero-order valence-corrected chi connectivity index (χ0v) is 16.4. The number of benzene rings is 1. The van der Waals surface area contributed by atoms with Crippen LogP contribution in [0.25, 0.3) is 21.6 Å². The summed E-state index contributed by atoms with van der Waals surface area (Å²) in [5.41, 5.74) is 8.48. The first-order chi connectivity index (χ1) is 12.9. The van der Waals surface area contributed by atoms with E-state index >= 15 is 0 Å². The van der Waals surface area contributed by atoms with E-state index in [1.807, 2.05) is 31.2 Å². The molecule has 3 aromatic rings. The molecule has 140 valence electrons. The Morgan fingerprint density at radius 3 is 2.78 bits per heavy atom. The highest BCUT2D eigenvalue weighted by molar-refractivity contribution is 7.18. The van der Waals surface area contributed by atoms with Gasteiger partial charge in [-0.05, 0) is 37.7 Å². The van der Waals surface area contributed by atoms with E-state index in [1.165, 1.54) is 4.88 Å². The summed E-state index contributed by atoms with van der Waals surface area (Å²) in [5, 5.41) is 0.738. The molecule has 1 aliphatic rings. The summed E-state index contributed by atoms with van der Waals surface area (Å²) in [6.45, 7) is 4.53. The van der Waals surface area contributed by atoms with E-state index in [1.54, 1.807) is 15.9 Å². The van der Waals surface area contributed by atoms with E-state index < -0.39 is 5.91 Å². The Morgan fingerprint density at radius 2 is 2.07 bits per heavy atom. The minimum absolute atomic E-state index is 0.0520. The third-order valence-corrected chi connectivity index (χ3v) is 6.46. The maximum absolute atomic E-state index is 13.4. The number of thiophene rings is 1. The van der Waals surface area contributed by atoms with Gasteiger partial charge in [-0.3, -0.25) is 14.2 Å². The summed E-state index contributed by atoms with van der Waals surface area (Å²) >= 11 is 1.65. The molecule has 0 bridgehead atoms. The lowest BCUT2D eigenvalue weighted by molar-refractivity contribution is -0.118. The van der Waals surface area contributed by atoms with E-state index in [-0.39, 0.29) is 18.5 Å². The van der Waals surface area contributed by atoms with Crippen molar-refractivity contribution in [3.8, 4) is 11.4 Å². The van der Waals surface area contributed by atoms with Crippen molar-refractivity contribution in [3.05, 3.63) is 50.6 Å². The average Bonchev–Trinajstić information content (AvgIpc) is 2.98. The molecule has 1 aliphatic carbocycles. The molecule has 0 saturated heterocycles. The van der Waals surface area contributed by atoms with Gasteiger partial charge in [-0.2, -0.15) is 0 Å². The van der Waals surface area contributed by atoms with E-state index in [0.717, 1.165) is 46.2 Å². The second-order valence-electron chi connectivity index (χ2n) is 7.51. The summed E-state index contributed by atoms with van der Waals surface area (Å²) in [5.74, 6) is 0.831. The van der Waals surface area contributed by atoms with Gasteiger partial charge in [-0.25, -0.2) is 4.98 Å². The maximum Gasteiger partial charge on any atom is 0.262 e. The Labute approximate surface area is 161 Å². The van der Waals surface area contributed by atoms with Gasteiger partial charge < -0.3 is 5.73 Å². The van der Waals surface area contributed by atoms with Gasteiger partial charge >= 0.3 is 0 Å². The fraction of sp³-hybridized carbons (Fsp3) is 0.381. The van der Waals surface area contributed by atoms with Crippen LogP contribution in [0.2, 0.25) is 0 Å². The fourth-order valence-electron chi connectivity index (χ4n) is 3.78. The molecule has 0 aliphatic heterocycles. The van der Waals surface area contributed by atoms with Crippen LogP contribution in [-0.4, -0.2) is 15.5 Å². The number of rotatable bonds is 4. The van der Waals surface area contributed by atoms with Crippen molar-refractivity contribution in [2.24, 2.45) is 11.7 Å². The van der Waals surface area contributed by atoms with Gasteiger partial charge in [-0.15, -0.1) is 11.3 Å². The highest BCUT2D eigenvalue weighted by Gasteiger charge is 2.25. The van der Waals surface area contributed by atoms with Crippen LogP contribution in [-0.2, 0) is 24.2 Å². The number of hydrogen-bond donors (Lipinski definition) is 1. The summed E-state index contributed by atoms with van der Waals surface area (Å²) in [4.78, 5) is 31.7. The van der Waals surface area contributed by atoms with Crippen LogP contribution >= 0.6 is 11.3 Å². The van der Waals surface area contributed by atoms with E-state index in [9.17, 15) is 9.59 Å². The second-order valence-corrected chi connectivity index (χ2v) is 8.59. The number of amides is 1. The fourth-order valence-corrected chi connectivity index (χ4v) is 5.15. The predicted molar refractivity (Wildman–Crippen MR) is 109 cm³/mol. The van der Waals surface area contributed by atoms with Gasteiger partial charge in [0, 0.05) is 23.4 Å². The van der Waals surface area contributed by atoms with Crippen molar-refractivity contribution in [1.29, 1.82) is 0 Å². The zero-order valence-electron chi connectivity index (χ0n) is 15.6. The number of primary amides is 1. The lowest BCUT2D eigenvalue weighted by Crippen LogP contribution is -2.26. The Balaban J connectivity index is 1.95. The van der Waals surface area contributed by atoms with Gasteiger partial charge in [0.25, 0.3) is 5.56 Å². The van der Waals surface area contributed by atoms with Crippen molar-refractivity contribution in [3.63, 3.8) is 0 Å². The lowest BCUT2D eigenvalue weighted by atomic mass is 9.89. The SMILES string of the molecule is Cc1ccc(-c2nc3sc4c(c3c(=O)n2CCC(N)=O)CCC(C)C4)cc1.